The number of para-hydroxylation sites is 1. The van der Waals surface area contributed by atoms with Gasteiger partial charge in [-0.05, 0) is 42.2 Å². The minimum Gasteiger partial charge on any atom is -0.475 e. The predicted molar refractivity (Wildman–Crippen MR) is 131 cm³/mol. The van der Waals surface area contributed by atoms with Gasteiger partial charge in [-0.1, -0.05) is 30.3 Å². The lowest BCUT2D eigenvalue weighted by molar-refractivity contribution is -0.192. The monoisotopic (exact) mass is 553 g/mol. The molecule has 1 aliphatic heterocycles. The highest BCUT2D eigenvalue weighted by Gasteiger charge is 2.38. The lowest BCUT2D eigenvalue weighted by Gasteiger charge is -2.31. The van der Waals surface area contributed by atoms with Crippen LogP contribution in [0, 0.1) is 6.92 Å². The van der Waals surface area contributed by atoms with E-state index >= 15 is 0 Å². The van der Waals surface area contributed by atoms with Crippen LogP contribution < -0.4 is 16.3 Å². The van der Waals surface area contributed by atoms with E-state index in [2.05, 4.69) is 5.10 Å². The third kappa shape index (κ3) is 6.96. The number of amides is 1. The van der Waals surface area contributed by atoms with Gasteiger partial charge in [-0.15, -0.1) is 0 Å². The van der Waals surface area contributed by atoms with Gasteiger partial charge in [-0.25, -0.2) is 14.3 Å². The molecule has 208 valence electrons. The second kappa shape index (κ2) is 12.0. The molecule has 39 heavy (non-hydrogen) atoms. The number of hydrogen-bond donors (Lipinski definition) is 2. The van der Waals surface area contributed by atoms with Gasteiger partial charge < -0.3 is 10.8 Å². The number of aliphatic carboxylic acids is 1. The molecule has 2 aromatic carbocycles. The number of rotatable bonds is 6. The van der Waals surface area contributed by atoms with Crippen molar-refractivity contribution in [1.29, 1.82) is 0 Å². The summed E-state index contributed by atoms with van der Waals surface area (Å²) in [5.41, 5.74) is 9.16. The zero-order valence-corrected chi connectivity index (χ0v) is 20.6. The lowest BCUT2D eigenvalue weighted by Crippen LogP contribution is -2.31. The van der Waals surface area contributed by atoms with E-state index in [1.165, 1.54) is 10.9 Å². The Labute approximate surface area is 218 Å². The zero-order chi connectivity index (χ0) is 28.9. The molecule has 1 aromatic heterocycles. The summed E-state index contributed by atoms with van der Waals surface area (Å²) in [6, 6.07) is 13.4. The van der Waals surface area contributed by atoms with E-state index in [1.807, 2.05) is 49.4 Å². The average molecular weight is 553 g/mol. The summed E-state index contributed by atoms with van der Waals surface area (Å²) in [4.78, 5) is 35.8. The van der Waals surface area contributed by atoms with Gasteiger partial charge in [0.25, 0.3) is 6.08 Å². The second-order valence-corrected chi connectivity index (χ2v) is 8.55. The van der Waals surface area contributed by atoms with Crippen LogP contribution >= 0.6 is 0 Å². The number of carbonyl (C=O) groups excluding carboxylic acids is 1. The molecule has 1 amide bonds. The van der Waals surface area contributed by atoms with E-state index in [4.69, 9.17) is 15.6 Å². The van der Waals surface area contributed by atoms with Crippen LogP contribution in [-0.4, -0.2) is 44.1 Å². The Bertz CT molecular complexity index is 1440. The van der Waals surface area contributed by atoms with E-state index in [1.54, 1.807) is 4.90 Å². The minimum atomic E-state index is -5.08. The second-order valence-electron chi connectivity index (χ2n) is 8.55. The third-order valence-corrected chi connectivity index (χ3v) is 5.84. The molecule has 0 saturated carbocycles. The summed E-state index contributed by atoms with van der Waals surface area (Å²) >= 11 is 0. The van der Waals surface area contributed by atoms with Crippen molar-refractivity contribution in [3.05, 3.63) is 87.6 Å². The average Bonchev–Trinajstić information content (AvgIpc) is 3.21. The number of halogens is 5. The predicted octanol–water partition coefficient (Wildman–Crippen LogP) is 3.76. The summed E-state index contributed by atoms with van der Waals surface area (Å²) in [7, 11) is 0. The van der Waals surface area contributed by atoms with E-state index in [-0.39, 0.29) is 31.1 Å². The highest BCUT2D eigenvalue weighted by atomic mass is 19.4. The number of carboxylic acid groups (broad SMARTS) is 1. The van der Waals surface area contributed by atoms with Crippen molar-refractivity contribution in [1.82, 2.24) is 14.3 Å². The van der Waals surface area contributed by atoms with E-state index in [0.717, 1.165) is 39.2 Å². The zero-order valence-electron chi connectivity index (χ0n) is 20.6. The summed E-state index contributed by atoms with van der Waals surface area (Å²) < 4.78 is 59.7. The minimum absolute atomic E-state index is 0.0425. The van der Waals surface area contributed by atoms with Gasteiger partial charge in [0.1, 0.15) is 6.33 Å². The summed E-state index contributed by atoms with van der Waals surface area (Å²) in [6.07, 6.45) is -4.49. The van der Waals surface area contributed by atoms with Crippen LogP contribution in [0.4, 0.5) is 33.3 Å². The van der Waals surface area contributed by atoms with Gasteiger partial charge >= 0.3 is 17.8 Å². The highest BCUT2D eigenvalue weighted by molar-refractivity contribution is 6.03. The van der Waals surface area contributed by atoms with E-state index in [9.17, 15) is 31.5 Å². The van der Waals surface area contributed by atoms with Crippen LogP contribution in [0.1, 0.15) is 23.1 Å². The molecule has 0 aliphatic carbocycles. The number of nitrogens with two attached hydrogens (primary N) is 1. The Morgan fingerprint density at radius 1 is 1.08 bits per heavy atom. The van der Waals surface area contributed by atoms with Crippen LogP contribution in [0.3, 0.4) is 0 Å². The Hall–Kier alpha value is -4.33. The van der Waals surface area contributed by atoms with E-state index < -0.39 is 23.9 Å². The number of anilines is 2. The van der Waals surface area contributed by atoms with E-state index in [0.29, 0.717) is 6.42 Å². The first-order valence-corrected chi connectivity index (χ1v) is 11.5. The SMILES string of the molecule is Cc1cccc2c1N(c1ccc(Cn3cnn(CC(CN)=C(F)F)c3=O)cc1)C(=O)CC2.O=C(O)C(F)(F)F. The third-order valence-electron chi connectivity index (χ3n) is 5.84. The fourth-order valence-electron chi connectivity index (χ4n) is 3.91. The van der Waals surface area contributed by atoms with Crippen molar-refractivity contribution in [2.45, 2.75) is 39.0 Å². The lowest BCUT2D eigenvalue weighted by atomic mass is 9.97. The molecule has 4 rings (SSSR count). The molecule has 3 N–H and O–H groups in total. The van der Waals surface area contributed by atoms with Crippen LogP contribution in [0.15, 0.2) is 65.2 Å². The summed E-state index contributed by atoms with van der Waals surface area (Å²) in [6.45, 7) is 1.52. The fraction of sp³-hybridized carbons (Fsp3) is 0.280. The van der Waals surface area contributed by atoms with Crippen molar-refractivity contribution in [2.24, 2.45) is 5.73 Å². The molecule has 0 unspecified atom stereocenters. The fourth-order valence-corrected chi connectivity index (χ4v) is 3.91. The van der Waals surface area contributed by atoms with Crippen LogP contribution in [-0.2, 0) is 29.1 Å². The van der Waals surface area contributed by atoms with Gasteiger partial charge in [0.05, 0.1) is 18.8 Å². The number of carboxylic acids is 1. The van der Waals surface area contributed by atoms with Gasteiger partial charge in [0.15, 0.2) is 0 Å². The molecule has 0 fully saturated rings. The smallest absolute Gasteiger partial charge is 0.475 e. The Morgan fingerprint density at radius 2 is 1.72 bits per heavy atom. The maximum absolute atomic E-state index is 12.8. The van der Waals surface area contributed by atoms with Crippen LogP contribution in [0.5, 0.6) is 0 Å². The molecule has 3 aromatic rings. The first kappa shape index (κ1) is 29.2. The number of carbonyl (C=O) groups is 2. The molecule has 0 bridgehead atoms. The van der Waals surface area contributed by atoms with Crippen molar-refractivity contribution < 1.29 is 36.6 Å². The first-order chi connectivity index (χ1) is 18.3. The standard InChI is InChI=1S/C23H23F2N5O2.C2HF3O2/c1-15-3-2-4-17-7-10-20(31)30(21(15)17)19-8-5-16(6-9-19)12-28-14-27-29(23(28)32)13-18(11-26)22(24)25;3-2(4,5)1(6)7/h2-6,8-9,14H,7,10-13,26H2,1H3;(H,6,7). The number of aromatic nitrogens is 3. The molecule has 0 saturated heterocycles. The number of aryl methyl sites for hydroxylation is 2. The number of benzene rings is 2. The molecule has 2 heterocycles. The number of hydrogen-bond acceptors (Lipinski definition) is 5. The molecule has 0 spiro atoms. The van der Waals surface area contributed by atoms with Gasteiger partial charge in [0, 0.05) is 24.2 Å². The van der Waals surface area contributed by atoms with Gasteiger partial charge in [-0.2, -0.15) is 27.1 Å². The van der Waals surface area contributed by atoms with Gasteiger partial charge in [0.2, 0.25) is 5.91 Å². The Morgan fingerprint density at radius 3 is 2.28 bits per heavy atom. The van der Waals surface area contributed by atoms with Crippen LogP contribution in [0.25, 0.3) is 0 Å². The molecule has 9 nitrogen and oxygen atoms in total. The molecule has 0 radical (unpaired) electrons. The quantitative estimate of drug-likeness (QED) is 0.449. The maximum Gasteiger partial charge on any atom is 0.490 e. The normalized spacial score (nSPS) is 12.9. The van der Waals surface area contributed by atoms with Gasteiger partial charge in [-0.3, -0.25) is 14.3 Å². The number of alkyl halides is 3. The van der Waals surface area contributed by atoms with Crippen molar-refractivity contribution in [3.8, 4) is 0 Å². The summed E-state index contributed by atoms with van der Waals surface area (Å²) in [5, 5.41) is 11.0. The molecular weight excluding hydrogens is 529 g/mol. The van der Waals surface area contributed by atoms with Crippen molar-refractivity contribution >= 4 is 23.3 Å². The maximum atomic E-state index is 12.8. The molecule has 1 aliphatic rings. The molecule has 14 heteroatoms. The summed E-state index contributed by atoms with van der Waals surface area (Å²) in [5.74, 6) is -2.71. The highest BCUT2D eigenvalue weighted by Crippen LogP contribution is 2.36. The van der Waals surface area contributed by atoms with Crippen molar-refractivity contribution in [2.75, 3.05) is 11.4 Å². The number of nitrogens with zero attached hydrogens (tertiary/aromatic N) is 4. The molecule has 0 atom stereocenters. The first-order valence-electron chi connectivity index (χ1n) is 11.5. The Balaban J connectivity index is 0.000000532. The van der Waals surface area contributed by atoms with Crippen LogP contribution in [0.2, 0.25) is 0 Å². The topological polar surface area (TPSA) is 123 Å². The largest absolute Gasteiger partial charge is 0.490 e. The number of fused-ring (bicyclic) bond motifs is 1. The molecular formula is C25H24F5N5O4. The Kier molecular flexibility index (Phi) is 9.01. The van der Waals surface area contributed by atoms with Crippen molar-refractivity contribution in [3.63, 3.8) is 0 Å².